The van der Waals surface area contributed by atoms with Crippen LogP contribution in [0, 0.1) is 0 Å². The van der Waals surface area contributed by atoms with Crippen LogP contribution in [0.3, 0.4) is 0 Å². The Morgan fingerprint density at radius 2 is 1.75 bits per heavy atom. The number of ether oxygens (including phenoxy) is 2. The van der Waals surface area contributed by atoms with Gasteiger partial charge in [-0.05, 0) is 17.7 Å². The molecule has 1 aromatic carbocycles. The van der Waals surface area contributed by atoms with Crippen LogP contribution in [0.1, 0.15) is 17.9 Å². The van der Waals surface area contributed by atoms with Gasteiger partial charge in [-0.1, -0.05) is 30.3 Å². The maximum atomic E-state index is 5.21. The SMILES string of the molecule is COCCCN(CCOC)CC(CS)c1ccccc1. The number of benzene rings is 1. The van der Waals surface area contributed by atoms with Crippen molar-refractivity contribution < 1.29 is 9.47 Å². The quantitative estimate of drug-likeness (QED) is 0.501. The average Bonchev–Trinajstić information content (AvgIpc) is 2.50. The first-order valence-electron chi connectivity index (χ1n) is 7.17. The van der Waals surface area contributed by atoms with Crippen molar-refractivity contribution in [3.63, 3.8) is 0 Å². The van der Waals surface area contributed by atoms with Gasteiger partial charge in [-0.2, -0.15) is 12.6 Å². The van der Waals surface area contributed by atoms with Gasteiger partial charge in [-0.3, -0.25) is 0 Å². The van der Waals surface area contributed by atoms with Crippen LogP contribution in [0.5, 0.6) is 0 Å². The van der Waals surface area contributed by atoms with Gasteiger partial charge in [0.25, 0.3) is 0 Å². The van der Waals surface area contributed by atoms with Crippen LogP contribution in [-0.4, -0.2) is 57.7 Å². The highest BCUT2D eigenvalue weighted by molar-refractivity contribution is 7.80. The van der Waals surface area contributed by atoms with E-state index in [1.165, 1.54) is 5.56 Å². The molecule has 0 fully saturated rings. The third kappa shape index (κ3) is 6.75. The van der Waals surface area contributed by atoms with E-state index in [1.807, 2.05) is 0 Å². The Hall–Kier alpha value is -0.550. The maximum Gasteiger partial charge on any atom is 0.0589 e. The standard InChI is InChI=1S/C16H27NO2S/c1-18-11-6-9-17(10-12-19-2)13-16(14-20)15-7-4-3-5-8-15/h3-5,7-8,16,20H,6,9-14H2,1-2H3. The summed E-state index contributed by atoms with van der Waals surface area (Å²) in [5, 5.41) is 0. The molecule has 0 bridgehead atoms. The maximum absolute atomic E-state index is 5.21. The molecular formula is C16H27NO2S. The van der Waals surface area contributed by atoms with Crippen LogP contribution in [-0.2, 0) is 9.47 Å². The fourth-order valence-corrected chi connectivity index (χ4v) is 2.58. The molecule has 0 aromatic heterocycles. The zero-order valence-corrected chi connectivity index (χ0v) is 13.5. The van der Waals surface area contributed by atoms with Gasteiger partial charge >= 0.3 is 0 Å². The number of methoxy groups -OCH3 is 2. The van der Waals surface area contributed by atoms with Gasteiger partial charge in [0.1, 0.15) is 0 Å². The zero-order valence-electron chi connectivity index (χ0n) is 12.6. The summed E-state index contributed by atoms with van der Waals surface area (Å²) >= 11 is 4.52. The summed E-state index contributed by atoms with van der Waals surface area (Å²) in [4.78, 5) is 2.44. The van der Waals surface area contributed by atoms with E-state index in [9.17, 15) is 0 Å². The molecule has 1 rings (SSSR count). The van der Waals surface area contributed by atoms with E-state index in [1.54, 1.807) is 14.2 Å². The van der Waals surface area contributed by atoms with Crippen LogP contribution >= 0.6 is 12.6 Å². The average molecular weight is 297 g/mol. The molecule has 0 saturated carbocycles. The second kappa shape index (κ2) is 11.1. The first-order chi connectivity index (χ1) is 9.81. The van der Waals surface area contributed by atoms with Crippen molar-refractivity contribution in [1.82, 2.24) is 4.90 Å². The molecule has 0 aliphatic heterocycles. The van der Waals surface area contributed by atoms with Crippen LogP contribution in [0.4, 0.5) is 0 Å². The second-order valence-corrected chi connectivity index (χ2v) is 5.30. The fraction of sp³-hybridized carbons (Fsp3) is 0.625. The third-order valence-electron chi connectivity index (χ3n) is 3.40. The van der Waals surface area contributed by atoms with Crippen LogP contribution in [0.15, 0.2) is 30.3 Å². The number of hydrogen-bond acceptors (Lipinski definition) is 4. The molecule has 20 heavy (non-hydrogen) atoms. The molecule has 0 amide bonds. The molecule has 1 unspecified atom stereocenters. The molecule has 0 saturated heterocycles. The van der Waals surface area contributed by atoms with E-state index in [0.29, 0.717) is 5.92 Å². The third-order valence-corrected chi connectivity index (χ3v) is 3.85. The van der Waals surface area contributed by atoms with Crippen molar-refractivity contribution in [2.45, 2.75) is 12.3 Å². The minimum atomic E-state index is 0.457. The van der Waals surface area contributed by atoms with Crippen LogP contribution < -0.4 is 0 Å². The van der Waals surface area contributed by atoms with Crippen molar-refractivity contribution in [3.05, 3.63) is 35.9 Å². The van der Waals surface area contributed by atoms with Crippen molar-refractivity contribution in [1.29, 1.82) is 0 Å². The first kappa shape index (κ1) is 17.5. The monoisotopic (exact) mass is 297 g/mol. The summed E-state index contributed by atoms with van der Waals surface area (Å²) in [6.07, 6.45) is 1.05. The summed E-state index contributed by atoms with van der Waals surface area (Å²) in [6, 6.07) is 10.6. The summed E-state index contributed by atoms with van der Waals surface area (Å²) in [7, 11) is 3.50. The molecule has 3 nitrogen and oxygen atoms in total. The topological polar surface area (TPSA) is 21.7 Å². The minimum absolute atomic E-state index is 0.457. The van der Waals surface area contributed by atoms with Crippen molar-refractivity contribution in [3.8, 4) is 0 Å². The minimum Gasteiger partial charge on any atom is -0.385 e. The molecule has 0 aliphatic carbocycles. The lowest BCUT2D eigenvalue weighted by Gasteiger charge is -2.27. The summed E-state index contributed by atoms with van der Waals surface area (Å²) in [5.41, 5.74) is 1.36. The van der Waals surface area contributed by atoms with E-state index in [-0.39, 0.29) is 0 Å². The first-order valence-corrected chi connectivity index (χ1v) is 7.81. The van der Waals surface area contributed by atoms with Crippen LogP contribution in [0.2, 0.25) is 0 Å². The number of nitrogens with zero attached hydrogens (tertiary/aromatic N) is 1. The predicted octanol–water partition coefficient (Wildman–Crippen LogP) is 2.68. The molecule has 4 heteroatoms. The molecule has 114 valence electrons. The van der Waals surface area contributed by atoms with Crippen LogP contribution in [0.25, 0.3) is 0 Å². The lowest BCUT2D eigenvalue weighted by atomic mass is 10.0. The van der Waals surface area contributed by atoms with Crippen molar-refractivity contribution in [2.24, 2.45) is 0 Å². The molecule has 0 radical (unpaired) electrons. The van der Waals surface area contributed by atoms with E-state index >= 15 is 0 Å². The van der Waals surface area contributed by atoms with Crippen molar-refractivity contribution in [2.75, 3.05) is 52.8 Å². The zero-order chi connectivity index (χ0) is 14.6. The predicted molar refractivity (Wildman–Crippen MR) is 87.8 cm³/mol. The van der Waals surface area contributed by atoms with E-state index in [0.717, 1.165) is 45.0 Å². The van der Waals surface area contributed by atoms with Crippen molar-refractivity contribution >= 4 is 12.6 Å². The van der Waals surface area contributed by atoms with E-state index in [4.69, 9.17) is 9.47 Å². The Morgan fingerprint density at radius 1 is 1.05 bits per heavy atom. The smallest absolute Gasteiger partial charge is 0.0589 e. The van der Waals surface area contributed by atoms with Gasteiger partial charge in [-0.15, -0.1) is 0 Å². The number of thiol groups is 1. The Bertz CT molecular complexity index is 335. The van der Waals surface area contributed by atoms with E-state index < -0.39 is 0 Å². The van der Waals surface area contributed by atoms with Gasteiger partial charge < -0.3 is 14.4 Å². The molecule has 0 aliphatic rings. The molecule has 0 N–H and O–H groups in total. The highest BCUT2D eigenvalue weighted by Crippen LogP contribution is 2.18. The Kier molecular flexibility index (Phi) is 9.75. The molecular weight excluding hydrogens is 270 g/mol. The molecule has 0 spiro atoms. The summed E-state index contributed by atoms with van der Waals surface area (Å²) < 4.78 is 10.3. The Morgan fingerprint density at radius 3 is 2.35 bits per heavy atom. The van der Waals surface area contributed by atoms with Gasteiger partial charge in [0.2, 0.25) is 0 Å². The number of rotatable bonds is 11. The summed E-state index contributed by atoms with van der Waals surface area (Å²) in [5.74, 6) is 1.32. The summed E-state index contributed by atoms with van der Waals surface area (Å²) in [6.45, 7) is 4.58. The Balaban J connectivity index is 2.55. The lowest BCUT2D eigenvalue weighted by Crippen LogP contribution is -2.33. The molecule has 1 aromatic rings. The number of hydrogen-bond donors (Lipinski definition) is 1. The molecule has 0 heterocycles. The van der Waals surface area contributed by atoms with Gasteiger partial charge in [0, 0.05) is 46.4 Å². The lowest BCUT2D eigenvalue weighted by molar-refractivity contribution is 0.130. The van der Waals surface area contributed by atoms with Gasteiger partial charge in [0.15, 0.2) is 0 Å². The highest BCUT2D eigenvalue weighted by Gasteiger charge is 2.14. The highest BCUT2D eigenvalue weighted by atomic mass is 32.1. The van der Waals surface area contributed by atoms with Gasteiger partial charge in [-0.25, -0.2) is 0 Å². The largest absolute Gasteiger partial charge is 0.385 e. The molecule has 1 atom stereocenters. The normalized spacial score (nSPS) is 12.8. The second-order valence-electron chi connectivity index (χ2n) is 4.93. The Labute approximate surface area is 128 Å². The fourth-order valence-electron chi connectivity index (χ4n) is 2.25. The van der Waals surface area contributed by atoms with E-state index in [2.05, 4.69) is 47.9 Å². The van der Waals surface area contributed by atoms with Gasteiger partial charge in [0.05, 0.1) is 6.61 Å².